The fourth-order valence-corrected chi connectivity index (χ4v) is 2.55. The van der Waals surface area contributed by atoms with Gasteiger partial charge < -0.3 is 9.64 Å². The van der Waals surface area contributed by atoms with Gasteiger partial charge in [-0.2, -0.15) is 0 Å². The topological polar surface area (TPSA) is 60.2 Å². The van der Waals surface area contributed by atoms with E-state index in [0.717, 1.165) is 16.9 Å². The maximum Gasteiger partial charge on any atom is 0.275 e. The molecule has 0 aliphatic carbocycles. The summed E-state index contributed by atoms with van der Waals surface area (Å²) in [5.41, 5.74) is 2.51. The van der Waals surface area contributed by atoms with E-state index in [-0.39, 0.29) is 5.91 Å². The molecular formula is C20H22N4O2. The Bertz CT molecular complexity index is 861. The Labute approximate surface area is 153 Å². The highest BCUT2D eigenvalue weighted by Gasteiger charge is 2.16. The predicted molar refractivity (Wildman–Crippen MR) is 99.2 cm³/mol. The van der Waals surface area contributed by atoms with Gasteiger partial charge in [-0.25, -0.2) is 4.68 Å². The van der Waals surface area contributed by atoms with Gasteiger partial charge in [-0.05, 0) is 24.1 Å². The molecule has 0 radical (unpaired) electrons. The van der Waals surface area contributed by atoms with Gasteiger partial charge in [0.1, 0.15) is 12.4 Å². The number of likely N-dealkylation sites (N-methyl/N-ethyl adjacent to an activating group) is 1. The van der Waals surface area contributed by atoms with Gasteiger partial charge in [0, 0.05) is 7.05 Å². The van der Waals surface area contributed by atoms with Crippen LogP contribution in [-0.4, -0.2) is 46.0 Å². The Hall–Kier alpha value is -3.15. The van der Waals surface area contributed by atoms with Crippen molar-refractivity contribution in [3.8, 4) is 5.75 Å². The van der Waals surface area contributed by atoms with Crippen molar-refractivity contribution in [2.45, 2.75) is 13.5 Å². The normalized spacial score (nSPS) is 10.5. The Kier molecular flexibility index (Phi) is 5.63. The van der Waals surface area contributed by atoms with Crippen molar-refractivity contribution in [1.29, 1.82) is 0 Å². The number of aromatic nitrogens is 3. The van der Waals surface area contributed by atoms with Gasteiger partial charge in [0.25, 0.3) is 5.91 Å². The number of ether oxygens (including phenoxy) is 1. The largest absolute Gasteiger partial charge is 0.491 e. The van der Waals surface area contributed by atoms with Gasteiger partial charge in [0.05, 0.1) is 19.3 Å². The lowest BCUT2D eigenvalue weighted by molar-refractivity contribution is 0.0767. The molecule has 3 aromatic rings. The van der Waals surface area contributed by atoms with Crippen LogP contribution in [0.25, 0.3) is 0 Å². The summed E-state index contributed by atoms with van der Waals surface area (Å²) in [4.78, 5) is 14.1. The molecule has 0 saturated heterocycles. The number of para-hydroxylation sites is 1. The average molecular weight is 350 g/mol. The van der Waals surface area contributed by atoms with Gasteiger partial charge in [-0.15, -0.1) is 5.10 Å². The van der Waals surface area contributed by atoms with E-state index in [0.29, 0.717) is 25.4 Å². The summed E-state index contributed by atoms with van der Waals surface area (Å²) in [5, 5.41) is 8.04. The maximum absolute atomic E-state index is 12.5. The van der Waals surface area contributed by atoms with E-state index in [9.17, 15) is 4.79 Å². The van der Waals surface area contributed by atoms with E-state index >= 15 is 0 Å². The minimum atomic E-state index is -0.169. The van der Waals surface area contributed by atoms with Gasteiger partial charge in [-0.1, -0.05) is 53.7 Å². The van der Waals surface area contributed by atoms with Gasteiger partial charge >= 0.3 is 0 Å². The highest BCUT2D eigenvalue weighted by molar-refractivity contribution is 5.91. The zero-order valence-corrected chi connectivity index (χ0v) is 15.0. The van der Waals surface area contributed by atoms with Crippen molar-refractivity contribution < 1.29 is 9.53 Å². The van der Waals surface area contributed by atoms with Crippen LogP contribution in [0.15, 0.2) is 60.8 Å². The number of benzene rings is 2. The first-order valence-electron chi connectivity index (χ1n) is 8.51. The predicted octanol–water partition coefficient (Wildman–Crippen LogP) is 2.79. The fourth-order valence-electron chi connectivity index (χ4n) is 2.55. The summed E-state index contributed by atoms with van der Waals surface area (Å²) in [5.74, 6) is 0.667. The van der Waals surface area contributed by atoms with E-state index in [2.05, 4.69) is 10.3 Å². The van der Waals surface area contributed by atoms with Gasteiger partial charge in [0.2, 0.25) is 0 Å². The number of nitrogens with zero attached hydrogens (tertiary/aromatic N) is 4. The molecule has 3 rings (SSSR count). The first-order valence-corrected chi connectivity index (χ1v) is 8.51. The molecule has 0 spiro atoms. The third kappa shape index (κ3) is 4.47. The van der Waals surface area contributed by atoms with Crippen LogP contribution < -0.4 is 4.74 Å². The summed E-state index contributed by atoms with van der Waals surface area (Å²) < 4.78 is 7.41. The minimum Gasteiger partial charge on any atom is -0.491 e. The lowest BCUT2D eigenvalue weighted by Crippen LogP contribution is -2.31. The number of hydrogen-bond donors (Lipinski definition) is 0. The Morgan fingerprint density at radius 2 is 1.85 bits per heavy atom. The van der Waals surface area contributed by atoms with E-state index in [1.807, 2.05) is 61.5 Å². The standard InChI is InChI=1S/C20H22N4O2/c1-16-8-6-7-11-19(16)26-13-12-23(2)20(25)18-15-24(22-21-18)14-17-9-4-3-5-10-17/h3-11,15H,12-14H2,1-2H3. The van der Waals surface area contributed by atoms with Crippen molar-refractivity contribution in [2.75, 3.05) is 20.2 Å². The molecule has 6 heteroatoms. The van der Waals surface area contributed by atoms with Crippen LogP contribution in [0.1, 0.15) is 21.6 Å². The maximum atomic E-state index is 12.5. The number of hydrogen-bond acceptors (Lipinski definition) is 4. The van der Waals surface area contributed by atoms with Crippen LogP contribution in [0.5, 0.6) is 5.75 Å². The molecule has 6 nitrogen and oxygen atoms in total. The molecule has 0 fully saturated rings. The molecule has 0 aliphatic rings. The number of carbonyl (C=O) groups is 1. The molecule has 134 valence electrons. The summed E-state index contributed by atoms with van der Waals surface area (Å²) in [7, 11) is 1.74. The lowest BCUT2D eigenvalue weighted by Gasteiger charge is -2.16. The number of rotatable bonds is 7. The van der Waals surface area contributed by atoms with Gasteiger partial charge in [-0.3, -0.25) is 4.79 Å². The van der Waals surface area contributed by atoms with E-state index in [1.165, 1.54) is 0 Å². The summed E-state index contributed by atoms with van der Waals surface area (Å²) >= 11 is 0. The first kappa shape index (κ1) is 17.7. The third-order valence-corrected chi connectivity index (χ3v) is 4.07. The van der Waals surface area contributed by atoms with Crippen LogP contribution in [-0.2, 0) is 6.54 Å². The van der Waals surface area contributed by atoms with Crippen LogP contribution in [0.4, 0.5) is 0 Å². The highest BCUT2D eigenvalue weighted by atomic mass is 16.5. The molecule has 2 aromatic carbocycles. The monoisotopic (exact) mass is 350 g/mol. The first-order chi connectivity index (χ1) is 12.6. The van der Waals surface area contributed by atoms with Crippen LogP contribution >= 0.6 is 0 Å². The molecule has 0 unspecified atom stereocenters. The Morgan fingerprint density at radius 3 is 2.62 bits per heavy atom. The molecule has 1 aromatic heterocycles. The zero-order valence-electron chi connectivity index (χ0n) is 15.0. The second-order valence-electron chi connectivity index (χ2n) is 6.13. The molecule has 1 amide bonds. The van der Waals surface area contributed by atoms with Crippen molar-refractivity contribution >= 4 is 5.91 Å². The molecule has 0 atom stereocenters. The second-order valence-corrected chi connectivity index (χ2v) is 6.13. The van der Waals surface area contributed by atoms with Crippen molar-refractivity contribution in [3.05, 3.63) is 77.6 Å². The molecule has 26 heavy (non-hydrogen) atoms. The average Bonchev–Trinajstić information content (AvgIpc) is 3.12. The summed E-state index contributed by atoms with van der Waals surface area (Å²) in [6.45, 7) is 3.47. The Morgan fingerprint density at radius 1 is 1.12 bits per heavy atom. The van der Waals surface area contributed by atoms with Gasteiger partial charge in [0.15, 0.2) is 5.69 Å². The van der Waals surface area contributed by atoms with E-state index < -0.39 is 0 Å². The molecule has 0 aliphatic heterocycles. The SMILES string of the molecule is Cc1ccccc1OCCN(C)C(=O)c1cn(Cc2ccccc2)nn1. The Balaban J connectivity index is 1.53. The van der Waals surface area contributed by atoms with E-state index in [1.54, 1.807) is 22.8 Å². The van der Waals surface area contributed by atoms with Crippen molar-refractivity contribution in [3.63, 3.8) is 0 Å². The number of aryl methyl sites for hydroxylation is 1. The third-order valence-electron chi connectivity index (χ3n) is 4.07. The van der Waals surface area contributed by atoms with Crippen LogP contribution in [0.3, 0.4) is 0 Å². The smallest absolute Gasteiger partial charge is 0.275 e. The van der Waals surface area contributed by atoms with Crippen LogP contribution in [0, 0.1) is 6.92 Å². The van der Waals surface area contributed by atoms with Crippen molar-refractivity contribution in [2.24, 2.45) is 0 Å². The fraction of sp³-hybridized carbons (Fsp3) is 0.250. The number of carbonyl (C=O) groups excluding carboxylic acids is 1. The van der Waals surface area contributed by atoms with Crippen molar-refractivity contribution in [1.82, 2.24) is 19.9 Å². The summed E-state index contributed by atoms with van der Waals surface area (Å²) in [6, 6.07) is 17.8. The van der Waals surface area contributed by atoms with E-state index in [4.69, 9.17) is 4.74 Å². The molecule has 1 heterocycles. The second kappa shape index (κ2) is 8.29. The number of amides is 1. The minimum absolute atomic E-state index is 0.169. The molecule has 0 saturated carbocycles. The lowest BCUT2D eigenvalue weighted by atomic mass is 10.2. The molecule has 0 bridgehead atoms. The zero-order chi connectivity index (χ0) is 18.4. The molecular weight excluding hydrogens is 328 g/mol. The quantitative estimate of drug-likeness (QED) is 0.657. The van der Waals surface area contributed by atoms with Crippen LogP contribution in [0.2, 0.25) is 0 Å². The highest BCUT2D eigenvalue weighted by Crippen LogP contribution is 2.15. The molecule has 0 N–H and O–H groups in total. The summed E-state index contributed by atoms with van der Waals surface area (Å²) in [6.07, 6.45) is 1.67.